The van der Waals surface area contributed by atoms with E-state index in [1.54, 1.807) is 0 Å². The van der Waals surface area contributed by atoms with E-state index in [1.807, 2.05) is 6.07 Å². The maximum absolute atomic E-state index is 9.22. The fourth-order valence-corrected chi connectivity index (χ4v) is 2.79. The van der Waals surface area contributed by atoms with Crippen molar-refractivity contribution in [2.75, 3.05) is 33.4 Å². The van der Waals surface area contributed by atoms with Gasteiger partial charge in [-0.1, -0.05) is 18.2 Å². The predicted molar refractivity (Wildman–Crippen MR) is 78.4 cm³/mol. The quantitative estimate of drug-likeness (QED) is 0.905. The number of para-hydroxylation sites is 1. The first kappa shape index (κ1) is 13.2. The number of benzene rings is 1. The molecular weight excluding hydrogens is 250 g/mol. The first-order chi connectivity index (χ1) is 9.72. The molecule has 1 aromatic heterocycles. The number of hydrogen-bond donors (Lipinski definition) is 1. The van der Waals surface area contributed by atoms with Crippen molar-refractivity contribution >= 4 is 10.9 Å². The van der Waals surface area contributed by atoms with Crippen molar-refractivity contribution in [3.8, 4) is 6.07 Å². The highest BCUT2D eigenvalue weighted by Crippen LogP contribution is 2.27. The maximum atomic E-state index is 9.22. The highest BCUT2D eigenvalue weighted by atomic mass is 16.5. The van der Waals surface area contributed by atoms with Gasteiger partial charge in [0.25, 0.3) is 0 Å². The van der Waals surface area contributed by atoms with Crippen LogP contribution in [0.5, 0.6) is 0 Å². The lowest BCUT2D eigenvalue weighted by molar-refractivity contribution is -0.0886. The number of aromatic nitrogens is 1. The Morgan fingerprint density at radius 3 is 2.90 bits per heavy atom. The van der Waals surface area contributed by atoms with E-state index in [2.05, 4.69) is 47.4 Å². The summed E-state index contributed by atoms with van der Waals surface area (Å²) < 4.78 is 5.18. The SMILES string of the molecule is CN(CCc1c[nH]c2ccccc12)CC1(C#N)COC1. The average molecular weight is 269 g/mol. The van der Waals surface area contributed by atoms with Crippen LogP contribution in [0.3, 0.4) is 0 Å². The van der Waals surface area contributed by atoms with Crippen LogP contribution < -0.4 is 0 Å². The molecule has 0 amide bonds. The van der Waals surface area contributed by atoms with Crippen molar-refractivity contribution in [2.24, 2.45) is 5.41 Å². The van der Waals surface area contributed by atoms with Crippen molar-refractivity contribution in [3.05, 3.63) is 36.0 Å². The second kappa shape index (κ2) is 5.28. The molecule has 1 saturated heterocycles. The minimum atomic E-state index is -0.283. The summed E-state index contributed by atoms with van der Waals surface area (Å²) in [6.07, 6.45) is 3.08. The molecule has 1 fully saturated rings. The van der Waals surface area contributed by atoms with Gasteiger partial charge in [0.2, 0.25) is 0 Å². The number of ether oxygens (including phenoxy) is 1. The molecule has 0 atom stereocenters. The molecule has 1 N–H and O–H groups in total. The number of hydrogen-bond acceptors (Lipinski definition) is 3. The fraction of sp³-hybridized carbons (Fsp3) is 0.438. The van der Waals surface area contributed by atoms with E-state index in [-0.39, 0.29) is 5.41 Å². The van der Waals surface area contributed by atoms with E-state index in [4.69, 9.17) is 4.74 Å². The van der Waals surface area contributed by atoms with Crippen LogP contribution in [0.2, 0.25) is 0 Å². The van der Waals surface area contributed by atoms with Crippen molar-refractivity contribution in [1.29, 1.82) is 5.26 Å². The smallest absolute Gasteiger partial charge is 0.116 e. The summed E-state index contributed by atoms with van der Waals surface area (Å²) in [4.78, 5) is 5.53. The summed E-state index contributed by atoms with van der Waals surface area (Å²) in [5, 5.41) is 10.5. The maximum Gasteiger partial charge on any atom is 0.116 e. The third-order valence-corrected chi connectivity index (χ3v) is 4.00. The van der Waals surface area contributed by atoms with E-state index in [1.165, 1.54) is 16.5 Å². The molecular formula is C16H19N3O. The van der Waals surface area contributed by atoms with Gasteiger partial charge in [0.15, 0.2) is 0 Å². The van der Waals surface area contributed by atoms with Gasteiger partial charge in [-0.25, -0.2) is 0 Å². The largest absolute Gasteiger partial charge is 0.378 e. The van der Waals surface area contributed by atoms with Gasteiger partial charge in [0, 0.05) is 30.2 Å². The van der Waals surface area contributed by atoms with Gasteiger partial charge in [0.1, 0.15) is 5.41 Å². The molecule has 0 bridgehead atoms. The molecule has 2 aromatic rings. The lowest BCUT2D eigenvalue weighted by Crippen LogP contribution is -2.49. The van der Waals surface area contributed by atoms with Gasteiger partial charge in [-0.3, -0.25) is 0 Å². The van der Waals surface area contributed by atoms with Crippen molar-refractivity contribution < 1.29 is 4.74 Å². The molecule has 0 unspecified atom stereocenters. The van der Waals surface area contributed by atoms with Crippen molar-refractivity contribution in [2.45, 2.75) is 6.42 Å². The fourth-order valence-electron chi connectivity index (χ4n) is 2.79. The predicted octanol–water partition coefficient (Wildman–Crippen LogP) is 2.18. The standard InChI is InChI=1S/C16H19N3O/c1-19(10-16(9-17)11-20-12-16)7-6-13-8-18-15-5-3-2-4-14(13)15/h2-5,8,18H,6-7,10-12H2,1H3. The molecule has 1 aromatic carbocycles. The molecule has 0 radical (unpaired) electrons. The minimum Gasteiger partial charge on any atom is -0.378 e. The lowest BCUT2D eigenvalue weighted by atomic mass is 9.87. The number of nitrogens with zero attached hydrogens (tertiary/aromatic N) is 2. The summed E-state index contributed by atoms with van der Waals surface area (Å²) in [6, 6.07) is 10.8. The molecule has 0 aliphatic carbocycles. The first-order valence-electron chi connectivity index (χ1n) is 6.95. The van der Waals surface area contributed by atoms with Crippen LogP contribution in [0.1, 0.15) is 5.56 Å². The van der Waals surface area contributed by atoms with E-state index in [9.17, 15) is 5.26 Å². The lowest BCUT2D eigenvalue weighted by Gasteiger charge is -2.37. The van der Waals surface area contributed by atoms with Crippen LogP contribution in [-0.2, 0) is 11.2 Å². The summed E-state index contributed by atoms with van der Waals surface area (Å²) in [6.45, 7) is 2.87. The van der Waals surface area contributed by atoms with Gasteiger partial charge in [-0.15, -0.1) is 0 Å². The van der Waals surface area contributed by atoms with E-state index < -0.39 is 0 Å². The number of nitrogens with one attached hydrogen (secondary N) is 1. The minimum absolute atomic E-state index is 0.283. The topological polar surface area (TPSA) is 52.0 Å². The molecule has 20 heavy (non-hydrogen) atoms. The highest BCUT2D eigenvalue weighted by molar-refractivity contribution is 5.83. The van der Waals surface area contributed by atoms with Crippen LogP contribution in [0.15, 0.2) is 30.5 Å². The summed E-state index contributed by atoms with van der Waals surface area (Å²) in [7, 11) is 2.08. The van der Waals surface area contributed by atoms with Gasteiger partial charge in [-0.2, -0.15) is 5.26 Å². The molecule has 4 nitrogen and oxygen atoms in total. The number of fused-ring (bicyclic) bond motifs is 1. The van der Waals surface area contributed by atoms with Gasteiger partial charge >= 0.3 is 0 Å². The van der Waals surface area contributed by atoms with Gasteiger partial charge in [0.05, 0.1) is 19.3 Å². The summed E-state index contributed by atoms with van der Waals surface area (Å²) >= 11 is 0. The Labute approximate surface area is 119 Å². The number of H-pyrrole nitrogens is 1. The van der Waals surface area contributed by atoms with Crippen LogP contribution >= 0.6 is 0 Å². The molecule has 4 heteroatoms. The molecule has 1 aliphatic heterocycles. The Morgan fingerprint density at radius 2 is 2.20 bits per heavy atom. The van der Waals surface area contributed by atoms with Crippen molar-refractivity contribution in [1.82, 2.24) is 9.88 Å². The van der Waals surface area contributed by atoms with Gasteiger partial charge < -0.3 is 14.6 Å². The number of likely N-dealkylation sites (N-methyl/N-ethyl adjacent to an activating group) is 1. The zero-order chi connectivity index (χ0) is 14.0. The molecule has 0 saturated carbocycles. The van der Waals surface area contributed by atoms with Crippen LogP contribution in [-0.4, -0.2) is 43.2 Å². The van der Waals surface area contributed by atoms with E-state index in [0.717, 1.165) is 19.5 Å². The van der Waals surface area contributed by atoms with Crippen molar-refractivity contribution in [3.63, 3.8) is 0 Å². The number of nitriles is 1. The Morgan fingerprint density at radius 1 is 1.40 bits per heavy atom. The van der Waals surface area contributed by atoms with Crippen LogP contribution in [0.25, 0.3) is 10.9 Å². The Balaban J connectivity index is 1.60. The average Bonchev–Trinajstić information content (AvgIpc) is 2.84. The summed E-state index contributed by atoms with van der Waals surface area (Å²) in [5.41, 5.74) is 2.24. The zero-order valence-electron chi connectivity index (χ0n) is 11.7. The highest BCUT2D eigenvalue weighted by Gasteiger charge is 2.39. The normalized spacial score (nSPS) is 17.1. The van der Waals surface area contributed by atoms with Crippen LogP contribution in [0.4, 0.5) is 0 Å². The second-order valence-corrected chi connectivity index (χ2v) is 5.73. The van der Waals surface area contributed by atoms with Crippen LogP contribution in [0, 0.1) is 16.7 Å². The molecule has 3 rings (SSSR count). The zero-order valence-corrected chi connectivity index (χ0v) is 11.7. The second-order valence-electron chi connectivity index (χ2n) is 5.73. The van der Waals surface area contributed by atoms with E-state index in [0.29, 0.717) is 13.2 Å². The molecule has 1 aliphatic rings. The monoisotopic (exact) mass is 269 g/mol. The summed E-state index contributed by atoms with van der Waals surface area (Å²) in [5.74, 6) is 0. The number of rotatable bonds is 5. The Kier molecular flexibility index (Phi) is 3.47. The molecule has 0 spiro atoms. The van der Waals surface area contributed by atoms with Gasteiger partial charge in [-0.05, 0) is 25.1 Å². The Hall–Kier alpha value is -1.83. The van der Waals surface area contributed by atoms with E-state index >= 15 is 0 Å². The third kappa shape index (κ3) is 2.43. The third-order valence-electron chi connectivity index (χ3n) is 4.00. The molecule has 2 heterocycles. The first-order valence-corrected chi connectivity index (χ1v) is 6.95. The Bertz CT molecular complexity index is 636. The molecule has 104 valence electrons. The number of aromatic amines is 1.